The van der Waals surface area contributed by atoms with Crippen molar-refractivity contribution in [1.82, 2.24) is 4.90 Å². The van der Waals surface area contributed by atoms with Gasteiger partial charge in [-0.2, -0.15) is 0 Å². The van der Waals surface area contributed by atoms with E-state index in [9.17, 15) is 9.90 Å². The van der Waals surface area contributed by atoms with Crippen molar-refractivity contribution in [1.29, 1.82) is 0 Å². The maximum atomic E-state index is 12.1. The summed E-state index contributed by atoms with van der Waals surface area (Å²) in [5, 5.41) is 10.1. The lowest BCUT2D eigenvalue weighted by Gasteiger charge is -2.22. The van der Waals surface area contributed by atoms with E-state index >= 15 is 0 Å². The first-order chi connectivity index (χ1) is 8.27. The molecule has 2 aliphatic rings. The van der Waals surface area contributed by atoms with Crippen molar-refractivity contribution in [3.8, 4) is 0 Å². The maximum absolute atomic E-state index is 12.1. The molecule has 0 radical (unpaired) electrons. The number of hydrogen-bond acceptors (Lipinski definition) is 2. The van der Waals surface area contributed by atoms with Gasteiger partial charge in [-0.25, -0.2) is 0 Å². The summed E-state index contributed by atoms with van der Waals surface area (Å²) < 4.78 is 0. The summed E-state index contributed by atoms with van der Waals surface area (Å²) in [6.45, 7) is 0.502. The largest absolute Gasteiger partial charge is 0.373 e. The summed E-state index contributed by atoms with van der Waals surface area (Å²) in [6.07, 6.45) is 4.08. The zero-order valence-corrected chi connectivity index (χ0v) is 9.49. The van der Waals surface area contributed by atoms with Crippen LogP contribution in [0.25, 0.3) is 0 Å². The van der Waals surface area contributed by atoms with Crippen molar-refractivity contribution in [2.75, 3.05) is 0 Å². The number of benzene rings is 1. The third-order valence-electron chi connectivity index (χ3n) is 3.67. The summed E-state index contributed by atoms with van der Waals surface area (Å²) in [5.41, 5.74) is 1.06. The van der Waals surface area contributed by atoms with Crippen LogP contribution in [0.15, 0.2) is 42.5 Å². The fraction of sp³-hybridized carbons (Fsp3) is 0.357. The van der Waals surface area contributed by atoms with Crippen LogP contribution in [0.2, 0.25) is 0 Å². The van der Waals surface area contributed by atoms with E-state index in [-0.39, 0.29) is 17.7 Å². The number of nitrogens with zero attached hydrogens (tertiary/aromatic N) is 1. The van der Waals surface area contributed by atoms with Crippen molar-refractivity contribution in [2.24, 2.45) is 11.8 Å². The maximum Gasteiger partial charge on any atom is 0.229 e. The van der Waals surface area contributed by atoms with E-state index in [1.165, 1.54) is 0 Å². The van der Waals surface area contributed by atoms with Gasteiger partial charge in [0.25, 0.3) is 0 Å². The number of rotatable bonds is 2. The van der Waals surface area contributed by atoms with Gasteiger partial charge in [0, 0.05) is 12.5 Å². The van der Waals surface area contributed by atoms with E-state index in [0.717, 1.165) is 12.0 Å². The highest BCUT2D eigenvalue weighted by molar-refractivity contribution is 5.83. The quantitative estimate of drug-likeness (QED) is 0.781. The molecule has 3 heteroatoms. The Balaban J connectivity index is 1.80. The first-order valence-corrected chi connectivity index (χ1v) is 5.96. The van der Waals surface area contributed by atoms with Crippen molar-refractivity contribution in [3.05, 3.63) is 48.0 Å². The van der Waals surface area contributed by atoms with Crippen LogP contribution < -0.4 is 0 Å². The normalized spacial score (nSPS) is 31.0. The van der Waals surface area contributed by atoms with E-state index in [0.29, 0.717) is 6.54 Å². The first-order valence-electron chi connectivity index (χ1n) is 5.96. The van der Waals surface area contributed by atoms with Crippen molar-refractivity contribution >= 4 is 5.91 Å². The fourth-order valence-electron chi connectivity index (χ4n) is 2.75. The summed E-state index contributed by atoms with van der Waals surface area (Å²) in [4.78, 5) is 13.7. The van der Waals surface area contributed by atoms with Crippen LogP contribution in [-0.2, 0) is 11.3 Å². The molecular formula is C14H15NO2. The highest BCUT2D eigenvalue weighted by atomic mass is 16.3. The van der Waals surface area contributed by atoms with Crippen molar-refractivity contribution < 1.29 is 9.90 Å². The van der Waals surface area contributed by atoms with E-state index in [1.54, 1.807) is 4.90 Å². The third kappa shape index (κ3) is 1.67. The molecule has 1 fully saturated rings. The Kier molecular flexibility index (Phi) is 2.48. The minimum absolute atomic E-state index is 0.00814. The zero-order valence-electron chi connectivity index (χ0n) is 9.49. The number of carbonyl (C=O) groups excluding carboxylic acids is 1. The lowest BCUT2D eigenvalue weighted by atomic mass is 9.98. The van der Waals surface area contributed by atoms with E-state index in [2.05, 4.69) is 0 Å². The SMILES string of the molecule is O=C1[C@H]2CC=C[C@H]2[C@@H](O)N1Cc1ccccc1. The van der Waals surface area contributed by atoms with Crippen LogP contribution in [0.3, 0.4) is 0 Å². The van der Waals surface area contributed by atoms with Crippen molar-refractivity contribution in [3.63, 3.8) is 0 Å². The molecule has 1 saturated heterocycles. The van der Waals surface area contributed by atoms with E-state index in [4.69, 9.17) is 0 Å². The monoisotopic (exact) mass is 229 g/mol. The molecule has 1 aromatic carbocycles. The Hall–Kier alpha value is -1.61. The van der Waals surface area contributed by atoms with Crippen LogP contribution in [0.4, 0.5) is 0 Å². The number of allylic oxidation sites excluding steroid dienone is 1. The van der Waals surface area contributed by atoms with E-state index < -0.39 is 6.23 Å². The molecule has 3 atom stereocenters. The van der Waals surface area contributed by atoms with Gasteiger partial charge in [0.1, 0.15) is 6.23 Å². The van der Waals surface area contributed by atoms with Gasteiger partial charge in [-0.3, -0.25) is 4.79 Å². The van der Waals surface area contributed by atoms with Gasteiger partial charge >= 0.3 is 0 Å². The zero-order chi connectivity index (χ0) is 11.8. The number of likely N-dealkylation sites (tertiary alicyclic amines) is 1. The van der Waals surface area contributed by atoms with Crippen LogP contribution in [0, 0.1) is 11.8 Å². The number of carbonyl (C=O) groups is 1. The molecule has 0 spiro atoms. The second-order valence-corrected chi connectivity index (χ2v) is 4.71. The number of aliphatic hydroxyl groups is 1. The van der Waals surface area contributed by atoms with Crippen LogP contribution in [0.1, 0.15) is 12.0 Å². The molecular weight excluding hydrogens is 214 g/mol. The Bertz CT molecular complexity index is 455. The minimum atomic E-state index is -0.661. The van der Waals surface area contributed by atoms with Crippen LogP contribution in [-0.4, -0.2) is 22.1 Å². The molecule has 0 aromatic heterocycles. The lowest BCUT2D eigenvalue weighted by molar-refractivity contribution is -0.136. The molecule has 3 nitrogen and oxygen atoms in total. The molecule has 1 amide bonds. The van der Waals surface area contributed by atoms with Gasteiger partial charge in [-0.05, 0) is 12.0 Å². The summed E-state index contributed by atoms with van der Waals surface area (Å²) in [5.74, 6) is 0.0382. The van der Waals surface area contributed by atoms with Gasteiger partial charge < -0.3 is 10.0 Å². The number of fused-ring (bicyclic) bond motifs is 1. The molecule has 17 heavy (non-hydrogen) atoms. The molecule has 88 valence electrons. The van der Waals surface area contributed by atoms with Gasteiger partial charge in [0.05, 0.1) is 5.92 Å². The Morgan fingerprint density at radius 1 is 1.29 bits per heavy atom. The average molecular weight is 229 g/mol. The third-order valence-corrected chi connectivity index (χ3v) is 3.67. The second kappa shape index (κ2) is 4.00. The van der Waals surface area contributed by atoms with Crippen LogP contribution >= 0.6 is 0 Å². The molecule has 0 saturated carbocycles. The Morgan fingerprint density at radius 2 is 2.06 bits per heavy atom. The van der Waals surface area contributed by atoms with E-state index in [1.807, 2.05) is 42.5 Å². The fourth-order valence-corrected chi connectivity index (χ4v) is 2.75. The highest BCUT2D eigenvalue weighted by Crippen LogP contribution is 2.38. The van der Waals surface area contributed by atoms with Gasteiger partial charge in [-0.1, -0.05) is 42.5 Å². The lowest BCUT2D eigenvalue weighted by Crippen LogP contribution is -2.34. The standard InChI is InChI=1S/C14H15NO2/c16-13-11-7-4-8-12(11)14(17)15(13)9-10-5-2-1-3-6-10/h1-7,11-13,16H,8-9H2/t11-,12+,13-/m1/s1. The summed E-state index contributed by atoms with van der Waals surface area (Å²) in [7, 11) is 0. The summed E-state index contributed by atoms with van der Waals surface area (Å²) in [6, 6.07) is 9.79. The number of aliphatic hydroxyl groups excluding tert-OH is 1. The topological polar surface area (TPSA) is 40.5 Å². The van der Waals surface area contributed by atoms with Crippen molar-refractivity contribution in [2.45, 2.75) is 19.2 Å². The predicted molar refractivity (Wildman–Crippen MR) is 63.7 cm³/mol. The first kappa shape index (κ1) is 10.5. The molecule has 3 rings (SSSR count). The van der Waals surface area contributed by atoms with Gasteiger partial charge in [0.2, 0.25) is 5.91 Å². The highest BCUT2D eigenvalue weighted by Gasteiger charge is 2.47. The molecule has 1 aromatic rings. The molecule has 1 aliphatic heterocycles. The van der Waals surface area contributed by atoms with Crippen LogP contribution in [0.5, 0.6) is 0 Å². The molecule has 0 bridgehead atoms. The summed E-state index contributed by atoms with van der Waals surface area (Å²) >= 11 is 0. The predicted octanol–water partition coefficient (Wildman–Crippen LogP) is 1.54. The Labute approximate surface area is 100 Å². The Morgan fingerprint density at radius 3 is 2.76 bits per heavy atom. The second-order valence-electron chi connectivity index (χ2n) is 4.71. The van der Waals surface area contributed by atoms with Gasteiger partial charge in [-0.15, -0.1) is 0 Å². The molecule has 1 heterocycles. The smallest absolute Gasteiger partial charge is 0.229 e. The van der Waals surface area contributed by atoms with Gasteiger partial charge in [0.15, 0.2) is 0 Å². The molecule has 1 N–H and O–H groups in total. The minimum Gasteiger partial charge on any atom is -0.373 e. The number of hydrogen-bond donors (Lipinski definition) is 1. The average Bonchev–Trinajstić information content (AvgIpc) is 2.91. The number of amides is 1. The molecule has 1 aliphatic carbocycles. The molecule has 0 unspecified atom stereocenters.